The smallest absolute Gasteiger partial charge is 0.416 e. The molecule has 220 valence electrons. The zero-order valence-corrected chi connectivity index (χ0v) is 22.2. The lowest BCUT2D eigenvalue weighted by Crippen LogP contribution is -2.47. The second-order valence-electron chi connectivity index (χ2n) is 11.3. The molecule has 2 fully saturated rings. The molecule has 4 nitrogen and oxygen atoms in total. The first-order valence-electron chi connectivity index (χ1n) is 13.2. The van der Waals surface area contributed by atoms with E-state index in [0.717, 1.165) is 5.56 Å². The molecule has 1 aliphatic carbocycles. The third-order valence-corrected chi connectivity index (χ3v) is 8.23. The van der Waals surface area contributed by atoms with E-state index in [-0.39, 0.29) is 23.5 Å². The largest absolute Gasteiger partial charge is 0.481 e. The Balaban J connectivity index is 1.60. The van der Waals surface area contributed by atoms with E-state index < -0.39 is 52.9 Å². The van der Waals surface area contributed by atoms with E-state index in [1.54, 1.807) is 19.1 Å². The number of benzene rings is 2. The number of aliphatic carboxylic acids is 1. The number of rotatable bonds is 7. The van der Waals surface area contributed by atoms with Crippen LogP contribution in [0.4, 0.5) is 30.7 Å². The van der Waals surface area contributed by atoms with Crippen molar-refractivity contribution >= 4 is 5.97 Å². The molecule has 0 aromatic heterocycles. The molecule has 1 saturated carbocycles. The highest BCUT2D eigenvalue weighted by atomic mass is 19.4. The molecule has 40 heavy (non-hydrogen) atoms. The molecule has 0 unspecified atom stereocenters. The van der Waals surface area contributed by atoms with Crippen LogP contribution < -0.4 is 0 Å². The number of hydrogen-bond donors (Lipinski definition) is 1. The summed E-state index contributed by atoms with van der Waals surface area (Å²) in [5.41, 5.74) is -3.18. The van der Waals surface area contributed by atoms with Crippen LogP contribution in [0.5, 0.6) is 0 Å². The molecule has 4 rings (SSSR count). The number of halogens is 7. The molecule has 1 N–H and O–H groups in total. The maximum absolute atomic E-state index is 13.7. The standard InChI is InChI=1S/C29H32F7NO3/c1-17(20-12-21(28(31,32)33)14-22(13-20)29(34,35)36)40-24-9-6-19(25(24)18-4-7-23(30)8-5-18)15-37-11-3-10-27(2,16-37)26(38)39/h4-5,7-8,12-14,17,19,24-25H,3,6,9-11,15-16H2,1-2H3,(H,38,39)/t17-,19+,24+,25+,27+/m1/s1. The molecule has 0 radical (unpaired) electrons. The molecule has 0 bridgehead atoms. The maximum Gasteiger partial charge on any atom is 0.416 e. The number of carbonyl (C=O) groups is 1. The Morgan fingerprint density at radius 3 is 2.20 bits per heavy atom. The van der Waals surface area contributed by atoms with E-state index in [2.05, 4.69) is 4.90 Å². The number of alkyl halides is 6. The van der Waals surface area contributed by atoms with Crippen LogP contribution in [0.1, 0.15) is 73.8 Å². The van der Waals surface area contributed by atoms with E-state index in [9.17, 15) is 40.6 Å². The maximum atomic E-state index is 13.7. The second-order valence-corrected chi connectivity index (χ2v) is 11.3. The van der Waals surface area contributed by atoms with Crippen molar-refractivity contribution < 1.29 is 45.4 Å². The highest BCUT2D eigenvalue weighted by Gasteiger charge is 2.43. The van der Waals surface area contributed by atoms with Gasteiger partial charge in [0.2, 0.25) is 0 Å². The molecule has 1 aliphatic heterocycles. The Labute approximate surface area is 228 Å². The minimum Gasteiger partial charge on any atom is -0.481 e. The van der Waals surface area contributed by atoms with Crippen LogP contribution in [0, 0.1) is 17.2 Å². The first kappa shape index (κ1) is 30.3. The fourth-order valence-electron chi connectivity index (χ4n) is 6.13. The molecule has 0 amide bonds. The highest BCUT2D eigenvalue weighted by Crippen LogP contribution is 2.45. The average molecular weight is 576 g/mol. The molecule has 5 atom stereocenters. The van der Waals surface area contributed by atoms with Crippen LogP contribution in [0.2, 0.25) is 0 Å². The Kier molecular flexibility index (Phi) is 8.57. The summed E-state index contributed by atoms with van der Waals surface area (Å²) >= 11 is 0. The number of nitrogens with zero attached hydrogens (tertiary/aromatic N) is 1. The van der Waals surface area contributed by atoms with Crippen LogP contribution in [0.25, 0.3) is 0 Å². The van der Waals surface area contributed by atoms with Crippen LogP contribution in [0.3, 0.4) is 0 Å². The number of hydrogen-bond acceptors (Lipinski definition) is 3. The first-order valence-corrected chi connectivity index (χ1v) is 13.2. The SMILES string of the molecule is C[C@@H](O[C@H]1CC[C@@H](CN2CCC[C@](C)(C(=O)O)C2)[C@@H]1c1ccc(F)cc1)c1cc(C(F)(F)F)cc(C(F)(F)F)c1. The van der Waals surface area contributed by atoms with Gasteiger partial charge in [-0.15, -0.1) is 0 Å². The molecule has 0 spiro atoms. The predicted molar refractivity (Wildman–Crippen MR) is 133 cm³/mol. The van der Waals surface area contributed by atoms with Crippen molar-refractivity contribution in [1.29, 1.82) is 0 Å². The van der Waals surface area contributed by atoms with E-state index in [1.807, 2.05) is 0 Å². The van der Waals surface area contributed by atoms with E-state index >= 15 is 0 Å². The van der Waals surface area contributed by atoms with Gasteiger partial charge in [0.15, 0.2) is 0 Å². The number of carboxylic acid groups (broad SMARTS) is 1. The summed E-state index contributed by atoms with van der Waals surface area (Å²) in [7, 11) is 0. The fourth-order valence-corrected chi connectivity index (χ4v) is 6.13. The lowest BCUT2D eigenvalue weighted by Gasteiger charge is -2.39. The summed E-state index contributed by atoms with van der Waals surface area (Å²) in [6, 6.07) is 7.28. The second kappa shape index (κ2) is 11.3. The van der Waals surface area contributed by atoms with Crippen molar-refractivity contribution in [3.63, 3.8) is 0 Å². The van der Waals surface area contributed by atoms with Gasteiger partial charge in [-0.2, -0.15) is 26.3 Å². The minimum absolute atomic E-state index is 0.0361. The summed E-state index contributed by atoms with van der Waals surface area (Å²) in [6.07, 6.45) is -9.16. The van der Waals surface area contributed by atoms with Gasteiger partial charge in [0.05, 0.1) is 28.7 Å². The fraction of sp³-hybridized carbons (Fsp3) is 0.552. The van der Waals surface area contributed by atoms with Crippen molar-refractivity contribution in [3.05, 3.63) is 70.5 Å². The van der Waals surface area contributed by atoms with Crippen molar-refractivity contribution in [2.24, 2.45) is 11.3 Å². The van der Waals surface area contributed by atoms with Crippen molar-refractivity contribution in [1.82, 2.24) is 4.90 Å². The van der Waals surface area contributed by atoms with Gasteiger partial charge in [-0.1, -0.05) is 12.1 Å². The van der Waals surface area contributed by atoms with Crippen molar-refractivity contribution in [2.45, 2.75) is 70.0 Å². The van der Waals surface area contributed by atoms with Crippen LogP contribution in [-0.2, 0) is 21.9 Å². The monoisotopic (exact) mass is 575 g/mol. The van der Waals surface area contributed by atoms with Gasteiger partial charge in [0.25, 0.3) is 0 Å². The highest BCUT2D eigenvalue weighted by molar-refractivity contribution is 5.74. The van der Waals surface area contributed by atoms with Crippen LogP contribution in [0.15, 0.2) is 42.5 Å². The van der Waals surface area contributed by atoms with Gasteiger partial charge >= 0.3 is 18.3 Å². The number of likely N-dealkylation sites (tertiary alicyclic amines) is 1. The quantitative estimate of drug-likeness (QED) is 0.344. The minimum atomic E-state index is -4.97. The van der Waals surface area contributed by atoms with Gasteiger partial charge in [0, 0.05) is 19.0 Å². The van der Waals surface area contributed by atoms with E-state index in [0.29, 0.717) is 57.5 Å². The van der Waals surface area contributed by atoms with Gasteiger partial charge in [0.1, 0.15) is 5.82 Å². The van der Waals surface area contributed by atoms with Gasteiger partial charge in [-0.3, -0.25) is 4.79 Å². The molecule has 1 saturated heterocycles. The Morgan fingerprint density at radius 1 is 1.05 bits per heavy atom. The summed E-state index contributed by atoms with van der Waals surface area (Å²) in [6.45, 7) is 4.75. The zero-order valence-electron chi connectivity index (χ0n) is 22.2. The van der Waals surface area contributed by atoms with Gasteiger partial charge in [-0.25, -0.2) is 4.39 Å². The number of piperidine rings is 1. The molecular weight excluding hydrogens is 543 g/mol. The normalized spacial score (nSPS) is 27.1. The zero-order chi connectivity index (χ0) is 29.5. The average Bonchev–Trinajstić information content (AvgIpc) is 3.24. The van der Waals surface area contributed by atoms with Crippen molar-refractivity contribution in [2.75, 3.05) is 19.6 Å². The van der Waals surface area contributed by atoms with Gasteiger partial charge < -0.3 is 14.7 Å². The molecule has 1 heterocycles. The topological polar surface area (TPSA) is 49.8 Å². The summed E-state index contributed by atoms with van der Waals surface area (Å²) in [4.78, 5) is 13.9. The van der Waals surface area contributed by atoms with E-state index in [1.165, 1.54) is 19.1 Å². The predicted octanol–water partition coefficient (Wildman–Crippen LogP) is 7.69. The Morgan fingerprint density at radius 2 is 1.65 bits per heavy atom. The third kappa shape index (κ3) is 6.79. The molecular formula is C29H32F7NO3. The molecule has 2 aliphatic rings. The van der Waals surface area contributed by atoms with Crippen LogP contribution in [-0.4, -0.2) is 41.7 Å². The third-order valence-electron chi connectivity index (χ3n) is 8.23. The summed E-state index contributed by atoms with van der Waals surface area (Å²) < 4.78 is 100. The summed E-state index contributed by atoms with van der Waals surface area (Å²) in [5.74, 6) is -1.66. The Hall–Kier alpha value is -2.66. The lowest BCUT2D eigenvalue weighted by molar-refractivity contribution is -0.151. The molecule has 11 heteroatoms. The van der Waals surface area contributed by atoms with E-state index in [4.69, 9.17) is 4.74 Å². The molecule has 2 aromatic carbocycles. The van der Waals surface area contributed by atoms with Crippen molar-refractivity contribution in [3.8, 4) is 0 Å². The first-order chi connectivity index (χ1) is 18.6. The van der Waals surface area contributed by atoms with Crippen LogP contribution >= 0.6 is 0 Å². The lowest BCUT2D eigenvalue weighted by atomic mass is 9.81. The Bertz CT molecular complexity index is 1170. The summed E-state index contributed by atoms with van der Waals surface area (Å²) in [5, 5.41) is 9.70. The number of ether oxygens (including phenoxy) is 1. The van der Waals surface area contributed by atoms with Gasteiger partial charge in [-0.05, 0) is 93.5 Å². The molecule has 2 aromatic rings. The number of carboxylic acids is 1.